The lowest BCUT2D eigenvalue weighted by atomic mass is 10.1. The number of nitrogens with one attached hydrogen (secondary N) is 2. The number of nitrogens with zero attached hydrogens (tertiary/aromatic N) is 6. The van der Waals surface area contributed by atoms with Crippen LogP contribution in [-0.4, -0.2) is 60.8 Å². The van der Waals surface area contributed by atoms with Crippen molar-refractivity contribution in [3.8, 4) is 22.8 Å². The molecule has 0 aliphatic heterocycles. The first-order valence-corrected chi connectivity index (χ1v) is 18.0. The largest absolute Gasteiger partial charge is 0.508 e. The van der Waals surface area contributed by atoms with Crippen LogP contribution in [0.4, 0.5) is 10.6 Å². The summed E-state index contributed by atoms with van der Waals surface area (Å²) in [6.07, 6.45) is 3.99. The number of phenols is 1. The third-order valence-electron chi connectivity index (χ3n) is 7.94. The molecule has 0 saturated heterocycles. The molecule has 6 aromatic rings. The minimum atomic E-state index is -0.336. The Balaban J connectivity index is 1.20. The first kappa shape index (κ1) is 34.4. The molecule has 2 amide bonds. The highest BCUT2D eigenvalue weighted by Gasteiger charge is 2.25. The summed E-state index contributed by atoms with van der Waals surface area (Å²) in [7, 11) is 4.07. The molecule has 0 unspecified atom stereocenters. The molecule has 0 bridgehead atoms. The predicted molar refractivity (Wildman–Crippen MR) is 199 cm³/mol. The zero-order chi connectivity index (χ0) is 34.7. The Bertz CT molecular complexity index is 2130. The zero-order valence-electron chi connectivity index (χ0n) is 27.8. The molecule has 3 heterocycles. The van der Waals surface area contributed by atoms with Crippen LogP contribution in [0.2, 0.25) is 5.02 Å². The van der Waals surface area contributed by atoms with Crippen LogP contribution < -0.4 is 10.6 Å². The van der Waals surface area contributed by atoms with Gasteiger partial charge in [-0.05, 0) is 93.9 Å². The van der Waals surface area contributed by atoms with E-state index in [1.165, 1.54) is 6.07 Å². The van der Waals surface area contributed by atoms with E-state index in [9.17, 15) is 9.90 Å². The van der Waals surface area contributed by atoms with Gasteiger partial charge in [0.2, 0.25) is 0 Å². The number of aromatic nitrogens is 5. The Morgan fingerprint density at radius 2 is 1.82 bits per heavy atom. The highest BCUT2D eigenvalue weighted by atomic mass is 35.5. The maximum atomic E-state index is 13.4. The molecule has 3 aromatic carbocycles. The maximum absolute atomic E-state index is 13.4. The molecular weight excluding hydrogens is 676 g/mol. The number of anilines is 1. The predicted octanol–water partition coefficient (Wildman–Crippen LogP) is 8.07. The van der Waals surface area contributed by atoms with Crippen molar-refractivity contribution in [2.75, 3.05) is 25.7 Å². The van der Waals surface area contributed by atoms with Crippen molar-refractivity contribution < 1.29 is 9.90 Å². The van der Waals surface area contributed by atoms with Crippen LogP contribution in [0.15, 0.2) is 101 Å². The zero-order valence-corrected chi connectivity index (χ0v) is 30.2. The Kier molecular flexibility index (Phi) is 10.2. The van der Waals surface area contributed by atoms with Crippen molar-refractivity contribution in [3.05, 3.63) is 113 Å². The van der Waals surface area contributed by atoms with E-state index >= 15 is 0 Å². The third-order valence-corrected chi connectivity index (χ3v) is 10.6. The second kappa shape index (κ2) is 14.6. The summed E-state index contributed by atoms with van der Waals surface area (Å²) in [6, 6.07) is 26.3. The highest BCUT2D eigenvalue weighted by Crippen LogP contribution is 2.36. The van der Waals surface area contributed by atoms with Crippen LogP contribution in [-0.2, 0) is 17.8 Å². The monoisotopic (exact) mass is 712 g/mol. The van der Waals surface area contributed by atoms with Gasteiger partial charge in [-0.1, -0.05) is 53.7 Å². The van der Waals surface area contributed by atoms with E-state index in [0.717, 1.165) is 38.8 Å². The van der Waals surface area contributed by atoms with Gasteiger partial charge in [-0.15, -0.1) is 10.2 Å². The van der Waals surface area contributed by atoms with E-state index in [4.69, 9.17) is 16.7 Å². The number of hydrogen-bond donors (Lipinski definition) is 3. The fourth-order valence-corrected chi connectivity index (χ4v) is 6.71. The van der Waals surface area contributed by atoms with Crippen LogP contribution >= 0.6 is 35.1 Å². The third kappa shape index (κ3) is 7.88. The van der Waals surface area contributed by atoms with Crippen molar-refractivity contribution >= 4 is 52.6 Å². The molecule has 49 heavy (non-hydrogen) atoms. The van der Waals surface area contributed by atoms with Gasteiger partial charge in [0.05, 0.1) is 21.2 Å². The number of urea groups is 1. The number of carbonyl (C=O) groups excluding carboxylic acids is 1. The van der Waals surface area contributed by atoms with Crippen LogP contribution in [0.25, 0.3) is 22.7 Å². The molecule has 0 atom stereocenters. The van der Waals surface area contributed by atoms with Crippen molar-refractivity contribution in [3.63, 3.8) is 0 Å². The lowest BCUT2D eigenvalue weighted by molar-refractivity contribution is 0.251. The summed E-state index contributed by atoms with van der Waals surface area (Å²) in [6.45, 7) is 5.34. The van der Waals surface area contributed by atoms with Gasteiger partial charge in [0.1, 0.15) is 11.6 Å². The molecule has 3 N–H and O–H groups in total. The van der Waals surface area contributed by atoms with Gasteiger partial charge >= 0.3 is 6.03 Å². The van der Waals surface area contributed by atoms with Crippen LogP contribution in [0, 0.1) is 0 Å². The second-order valence-electron chi connectivity index (χ2n) is 12.2. The molecule has 252 valence electrons. The quantitative estimate of drug-likeness (QED) is 0.124. The van der Waals surface area contributed by atoms with Crippen molar-refractivity contribution in [1.29, 1.82) is 0 Å². The molecule has 0 radical (unpaired) electrons. The standard InChI is InChI=1S/C36H37ClN8O2S2/c1-36(2,48-5)31-19-33(45(42-31)25-11-8-9-23(17-25)21-43(3)4)39-35(47)38-20-24-10-6-7-12-30(24)49-27-14-16-32-40-41-34(44(32)22-27)28-18-26(46)13-15-29(28)37/h6-19,22,46H,20-21H2,1-5H3,(H2,38,39,47). The van der Waals surface area contributed by atoms with Crippen molar-refractivity contribution in [2.45, 2.75) is 41.5 Å². The lowest BCUT2D eigenvalue weighted by Crippen LogP contribution is -2.29. The number of hydrogen-bond acceptors (Lipinski definition) is 8. The highest BCUT2D eigenvalue weighted by molar-refractivity contribution is 7.99. The van der Waals surface area contributed by atoms with Crippen LogP contribution in [0.3, 0.4) is 0 Å². The molecule has 10 nitrogen and oxygen atoms in total. The SMILES string of the molecule is CSC(C)(C)c1cc(NC(=O)NCc2ccccc2Sc2ccc3nnc(-c4cc(O)ccc4Cl)n3c2)n(-c2cccc(CN(C)C)c2)n1. The number of pyridine rings is 1. The Morgan fingerprint density at radius 1 is 1.00 bits per heavy atom. The van der Waals surface area contributed by atoms with E-state index in [-0.39, 0.29) is 16.5 Å². The number of aromatic hydroxyl groups is 1. The van der Waals surface area contributed by atoms with Crippen molar-refractivity contribution in [2.24, 2.45) is 0 Å². The number of halogens is 1. The van der Waals surface area contributed by atoms with E-state index < -0.39 is 0 Å². The molecule has 0 saturated carbocycles. The molecule has 13 heteroatoms. The molecule has 0 spiro atoms. The summed E-state index contributed by atoms with van der Waals surface area (Å²) in [5.41, 5.74) is 5.08. The molecular formula is C36H37ClN8O2S2. The molecule has 3 aromatic heterocycles. The molecule has 0 fully saturated rings. The number of thioether (sulfide) groups is 1. The fourth-order valence-electron chi connectivity index (χ4n) is 5.23. The van der Waals surface area contributed by atoms with Gasteiger partial charge in [0.25, 0.3) is 0 Å². The van der Waals surface area contributed by atoms with Gasteiger partial charge in [-0.3, -0.25) is 9.72 Å². The summed E-state index contributed by atoms with van der Waals surface area (Å²) < 4.78 is 3.40. The molecule has 0 aliphatic carbocycles. The number of fused-ring (bicyclic) bond motifs is 1. The van der Waals surface area contributed by atoms with Gasteiger partial charge in [0.15, 0.2) is 11.5 Å². The van der Waals surface area contributed by atoms with Crippen LogP contribution in [0.5, 0.6) is 5.75 Å². The first-order chi connectivity index (χ1) is 23.5. The Morgan fingerprint density at radius 3 is 2.61 bits per heavy atom. The van der Waals surface area contributed by atoms with E-state index in [1.54, 1.807) is 40.3 Å². The van der Waals surface area contributed by atoms with Crippen molar-refractivity contribution in [1.82, 2.24) is 34.6 Å². The van der Waals surface area contributed by atoms with E-state index in [1.807, 2.05) is 79.3 Å². The summed E-state index contributed by atoms with van der Waals surface area (Å²) in [5.74, 6) is 1.21. The summed E-state index contributed by atoms with van der Waals surface area (Å²) in [4.78, 5) is 17.4. The van der Waals surface area contributed by atoms with Crippen LogP contribution in [0.1, 0.15) is 30.7 Å². The lowest BCUT2D eigenvalue weighted by Gasteiger charge is -2.18. The number of rotatable bonds is 11. The number of phenolic OH excluding ortho intramolecular Hbond substituents is 1. The number of amides is 2. The molecule has 6 rings (SSSR count). The maximum Gasteiger partial charge on any atom is 0.320 e. The normalized spacial score (nSPS) is 11.7. The van der Waals surface area contributed by atoms with Gasteiger partial charge < -0.3 is 15.3 Å². The summed E-state index contributed by atoms with van der Waals surface area (Å²) >= 11 is 9.70. The van der Waals surface area contributed by atoms with E-state index in [0.29, 0.717) is 34.4 Å². The Labute approximate surface area is 298 Å². The Hall–Kier alpha value is -4.49. The fraction of sp³-hybridized carbons (Fsp3) is 0.222. The number of benzene rings is 3. The minimum absolute atomic E-state index is 0.0926. The minimum Gasteiger partial charge on any atom is -0.508 e. The van der Waals surface area contributed by atoms with Gasteiger partial charge in [-0.25, -0.2) is 9.48 Å². The summed E-state index contributed by atoms with van der Waals surface area (Å²) in [5, 5.41) is 30.1. The van der Waals surface area contributed by atoms with Gasteiger partial charge in [0, 0.05) is 40.7 Å². The second-order valence-corrected chi connectivity index (χ2v) is 15.2. The average molecular weight is 713 g/mol. The topological polar surface area (TPSA) is 113 Å². The smallest absolute Gasteiger partial charge is 0.320 e. The van der Waals surface area contributed by atoms with E-state index in [2.05, 4.69) is 58.0 Å². The first-order valence-electron chi connectivity index (χ1n) is 15.5. The average Bonchev–Trinajstić information content (AvgIpc) is 3.70. The van der Waals surface area contributed by atoms with Gasteiger partial charge in [-0.2, -0.15) is 16.9 Å². The number of carbonyl (C=O) groups is 1. The molecule has 0 aliphatic rings.